The molecular weight excluding hydrogens is 646 g/mol. The monoisotopic (exact) mass is 663 g/mol. The minimum absolute atomic E-state index is 0.260. The fourth-order valence-electron chi connectivity index (χ4n) is 3.43. The van der Waals surface area contributed by atoms with Gasteiger partial charge in [-0.2, -0.15) is 9.78 Å². The third kappa shape index (κ3) is 5.60. The van der Waals surface area contributed by atoms with Crippen LogP contribution in [0.1, 0.15) is 17.0 Å². The van der Waals surface area contributed by atoms with Gasteiger partial charge in [0.1, 0.15) is 12.4 Å². The highest BCUT2D eigenvalue weighted by molar-refractivity contribution is 9.11. The number of halogens is 3. The lowest BCUT2D eigenvalue weighted by atomic mass is 10.2. The molecule has 0 unspecified atom stereocenters. The maximum absolute atomic E-state index is 13.0. The maximum atomic E-state index is 13.0. The van der Waals surface area contributed by atoms with E-state index in [0.29, 0.717) is 46.1 Å². The summed E-state index contributed by atoms with van der Waals surface area (Å²) in [6, 6.07) is 14.8. The van der Waals surface area contributed by atoms with Crippen LogP contribution in [0.15, 0.2) is 71.8 Å². The van der Waals surface area contributed by atoms with E-state index in [0.717, 1.165) is 19.0 Å². The lowest BCUT2D eigenvalue weighted by Gasteiger charge is -2.16. The van der Waals surface area contributed by atoms with E-state index in [1.807, 2.05) is 24.3 Å². The minimum atomic E-state index is -0.260. The van der Waals surface area contributed by atoms with Crippen molar-refractivity contribution < 1.29 is 14.2 Å². The van der Waals surface area contributed by atoms with Crippen LogP contribution in [0.25, 0.3) is 10.9 Å². The summed E-state index contributed by atoms with van der Waals surface area (Å²) in [7, 11) is 3.11. The van der Waals surface area contributed by atoms with Gasteiger partial charge in [-0.3, -0.25) is 4.79 Å². The largest absolute Gasteiger partial charge is 0.493 e. The number of hydrogen-bond donors (Lipinski definition) is 0. The summed E-state index contributed by atoms with van der Waals surface area (Å²) in [5, 5.41) is 4.86. The number of hydrogen-bond acceptors (Lipinski definition) is 6. The van der Waals surface area contributed by atoms with Gasteiger partial charge >= 0.3 is 0 Å². The Morgan fingerprint density at radius 3 is 2.29 bits per heavy atom. The summed E-state index contributed by atoms with van der Waals surface area (Å²) in [5.41, 5.74) is 1.98. The first-order chi connectivity index (χ1) is 16.8. The molecule has 0 aliphatic carbocycles. The topological polar surface area (TPSA) is 74.9 Å². The number of benzene rings is 3. The minimum Gasteiger partial charge on any atom is -0.493 e. The summed E-state index contributed by atoms with van der Waals surface area (Å²) < 4.78 is 21.1. The highest BCUT2D eigenvalue weighted by Crippen LogP contribution is 2.39. The summed E-state index contributed by atoms with van der Waals surface area (Å²) in [4.78, 5) is 17.5. The first kappa shape index (κ1) is 25.4. The van der Waals surface area contributed by atoms with E-state index in [-0.39, 0.29) is 5.56 Å². The zero-order chi connectivity index (χ0) is 25.1. The molecule has 35 heavy (non-hydrogen) atoms. The van der Waals surface area contributed by atoms with Crippen molar-refractivity contribution in [2.24, 2.45) is 5.10 Å². The van der Waals surface area contributed by atoms with Gasteiger partial charge in [-0.1, -0.05) is 53.9 Å². The van der Waals surface area contributed by atoms with E-state index in [1.165, 1.54) is 4.68 Å². The van der Waals surface area contributed by atoms with Crippen molar-refractivity contribution in [1.29, 1.82) is 0 Å². The van der Waals surface area contributed by atoms with E-state index in [2.05, 4.69) is 57.9 Å². The number of ether oxygens (including phenoxy) is 3. The van der Waals surface area contributed by atoms with Crippen LogP contribution in [0.2, 0.25) is 0 Å². The van der Waals surface area contributed by atoms with Crippen LogP contribution in [-0.4, -0.2) is 30.1 Å². The number of rotatable bonds is 7. The molecule has 0 saturated carbocycles. The molecule has 180 valence electrons. The standard InChI is InChI=1S/C25H20Br3N3O4/c1-14-30-21-7-6-17(26)10-19(21)25(32)31(14)29-12-15-8-22(33-2)24(23(9-15)34-3)35-13-16-4-5-18(27)11-20(16)28/h4-12H,13H2,1-3H3. The van der Waals surface area contributed by atoms with Crippen molar-refractivity contribution in [2.75, 3.05) is 14.2 Å². The van der Waals surface area contributed by atoms with Gasteiger partial charge in [-0.05, 0) is 49.4 Å². The fourth-order valence-corrected chi connectivity index (χ4v) is 4.95. The fraction of sp³-hybridized carbons (Fsp3) is 0.160. The molecule has 0 bridgehead atoms. The Labute approximate surface area is 227 Å². The Hall–Kier alpha value is -2.69. The molecule has 0 amide bonds. The second-order valence-electron chi connectivity index (χ2n) is 7.46. The molecule has 10 heteroatoms. The number of aryl methyl sites for hydroxylation is 1. The Balaban J connectivity index is 1.67. The van der Waals surface area contributed by atoms with Gasteiger partial charge in [0.2, 0.25) is 5.75 Å². The Morgan fingerprint density at radius 2 is 1.63 bits per heavy atom. The van der Waals surface area contributed by atoms with Crippen LogP contribution in [0.5, 0.6) is 17.2 Å². The van der Waals surface area contributed by atoms with Crippen LogP contribution in [0.3, 0.4) is 0 Å². The predicted octanol–water partition coefficient (Wildman–Crippen LogP) is 6.47. The first-order valence-corrected chi connectivity index (χ1v) is 12.7. The molecule has 1 aromatic heterocycles. The lowest BCUT2D eigenvalue weighted by Crippen LogP contribution is -2.20. The molecular formula is C25H20Br3N3O4. The second kappa shape index (κ2) is 10.9. The Kier molecular flexibility index (Phi) is 7.93. The van der Waals surface area contributed by atoms with Crippen molar-refractivity contribution >= 4 is 64.9 Å². The number of methoxy groups -OCH3 is 2. The van der Waals surface area contributed by atoms with Gasteiger partial charge in [0, 0.05) is 24.5 Å². The van der Waals surface area contributed by atoms with Crippen molar-refractivity contribution in [1.82, 2.24) is 9.66 Å². The molecule has 0 radical (unpaired) electrons. The van der Waals surface area contributed by atoms with Crippen LogP contribution < -0.4 is 19.8 Å². The Bertz CT molecular complexity index is 1480. The first-order valence-electron chi connectivity index (χ1n) is 10.4. The normalized spacial score (nSPS) is 11.3. The maximum Gasteiger partial charge on any atom is 0.282 e. The van der Waals surface area contributed by atoms with Gasteiger partial charge in [0.25, 0.3) is 5.56 Å². The molecule has 0 aliphatic heterocycles. The molecule has 1 heterocycles. The van der Waals surface area contributed by atoms with Gasteiger partial charge < -0.3 is 14.2 Å². The lowest BCUT2D eigenvalue weighted by molar-refractivity contribution is 0.265. The van der Waals surface area contributed by atoms with Crippen molar-refractivity contribution in [2.45, 2.75) is 13.5 Å². The quantitative estimate of drug-likeness (QED) is 0.212. The highest BCUT2D eigenvalue weighted by atomic mass is 79.9. The third-order valence-corrected chi connectivity index (χ3v) is 6.89. The average Bonchev–Trinajstić information content (AvgIpc) is 2.83. The highest BCUT2D eigenvalue weighted by Gasteiger charge is 2.15. The molecule has 0 aliphatic rings. The van der Waals surface area contributed by atoms with Gasteiger partial charge in [-0.15, -0.1) is 0 Å². The zero-order valence-corrected chi connectivity index (χ0v) is 23.8. The summed E-state index contributed by atoms with van der Waals surface area (Å²) in [6.07, 6.45) is 1.56. The second-order valence-corrected chi connectivity index (χ2v) is 10.1. The number of nitrogens with zero attached hydrogens (tertiary/aromatic N) is 3. The number of aromatic nitrogens is 2. The molecule has 4 rings (SSSR count). The third-order valence-electron chi connectivity index (χ3n) is 5.16. The van der Waals surface area contributed by atoms with E-state index in [1.54, 1.807) is 51.6 Å². The van der Waals surface area contributed by atoms with Gasteiger partial charge in [-0.25, -0.2) is 4.98 Å². The average molecular weight is 666 g/mol. The van der Waals surface area contributed by atoms with Crippen molar-refractivity contribution in [3.8, 4) is 17.2 Å². The molecule has 3 aromatic carbocycles. The molecule has 0 atom stereocenters. The van der Waals surface area contributed by atoms with E-state index in [4.69, 9.17) is 14.2 Å². The molecule has 0 spiro atoms. The van der Waals surface area contributed by atoms with Crippen LogP contribution in [0, 0.1) is 6.92 Å². The van der Waals surface area contributed by atoms with E-state index < -0.39 is 0 Å². The van der Waals surface area contributed by atoms with Gasteiger partial charge in [0.15, 0.2) is 11.5 Å². The smallest absolute Gasteiger partial charge is 0.282 e. The van der Waals surface area contributed by atoms with Crippen LogP contribution >= 0.6 is 47.8 Å². The van der Waals surface area contributed by atoms with Crippen LogP contribution in [-0.2, 0) is 6.61 Å². The van der Waals surface area contributed by atoms with E-state index >= 15 is 0 Å². The molecule has 7 nitrogen and oxygen atoms in total. The van der Waals surface area contributed by atoms with Gasteiger partial charge in [0.05, 0.1) is 31.3 Å². The molecule has 0 saturated heterocycles. The summed E-state index contributed by atoms with van der Waals surface area (Å²) in [6.45, 7) is 2.04. The van der Waals surface area contributed by atoms with E-state index in [9.17, 15) is 4.79 Å². The van der Waals surface area contributed by atoms with Crippen molar-refractivity contribution in [3.63, 3.8) is 0 Å². The number of fused-ring (bicyclic) bond motifs is 1. The Morgan fingerprint density at radius 1 is 0.971 bits per heavy atom. The summed E-state index contributed by atoms with van der Waals surface area (Å²) >= 11 is 10.4. The predicted molar refractivity (Wildman–Crippen MR) is 147 cm³/mol. The van der Waals surface area contributed by atoms with Crippen molar-refractivity contribution in [3.05, 3.63) is 89.3 Å². The molecule has 0 N–H and O–H groups in total. The van der Waals surface area contributed by atoms with Crippen LogP contribution in [0.4, 0.5) is 0 Å². The zero-order valence-electron chi connectivity index (χ0n) is 19.0. The molecule has 4 aromatic rings. The molecule has 0 fully saturated rings. The summed E-state index contributed by atoms with van der Waals surface area (Å²) in [5.74, 6) is 1.89. The SMILES string of the molecule is COc1cc(C=Nn2c(C)nc3ccc(Br)cc3c2=O)cc(OC)c1OCc1ccc(Br)cc1Br.